The van der Waals surface area contributed by atoms with Crippen LogP contribution in [0.5, 0.6) is 0 Å². The summed E-state index contributed by atoms with van der Waals surface area (Å²) in [6, 6.07) is 2.32. The van der Waals surface area contributed by atoms with Crippen molar-refractivity contribution in [3.05, 3.63) is 28.6 Å². The van der Waals surface area contributed by atoms with Crippen molar-refractivity contribution in [2.45, 2.75) is 0 Å². The predicted octanol–water partition coefficient (Wildman–Crippen LogP) is 1.43. The first-order chi connectivity index (χ1) is 6.54. The zero-order chi connectivity index (χ0) is 10.9. The van der Waals surface area contributed by atoms with Gasteiger partial charge in [-0.25, -0.2) is 13.2 Å². The Morgan fingerprint density at radius 1 is 0.857 bits per heavy atom. The summed E-state index contributed by atoms with van der Waals surface area (Å²) in [5.41, 5.74) is 2.07. The smallest absolute Gasteiger partial charge is 0.181 e. The lowest BCUT2D eigenvalue weighted by molar-refractivity contribution is 0.490. The molecule has 14 heavy (non-hydrogen) atoms. The van der Waals surface area contributed by atoms with Gasteiger partial charge in [0, 0.05) is 0 Å². The maximum Gasteiger partial charge on any atom is 0.181 e. The Bertz CT molecular complexity index is 408. The van der Waals surface area contributed by atoms with Crippen molar-refractivity contribution in [2.75, 3.05) is 5.73 Å². The Labute approximate surface area is 76.8 Å². The summed E-state index contributed by atoms with van der Waals surface area (Å²) >= 11 is 0. The number of nitriles is 2. The van der Waals surface area contributed by atoms with Crippen molar-refractivity contribution in [1.82, 2.24) is 0 Å². The summed E-state index contributed by atoms with van der Waals surface area (Å²) in [6.45, 7) is 0. The van der Waals surface area contributed by atoms with Gasteiger partial charge in [0.15, 0.2) is 17.5 Å². The Kier molecular flexibility index (Phi) is 2.30. The van der Waals surface area contributed by atoms with E-state index in [1.54, 1.807) is 0 Å². The number of nitrogens with zero attached hydrogens (tertiary/aromatic N) is 2. The Hall–Kier alpha value is -2.21. The van der Waals surface area contributed by atoms with Crippen LogP contribution in [0.4, 0.5) is 18.9 Å². The van der Waals surface area contributed by atoms with Gasteiger partial charge in [-0.2, -0.15) is 10.5 Å². The summed E-state index contributed by atoms with van der Waals surface area (Å²) < 4.78 is 38.7. The quantitative estimate of drug-likeness (QED) is 0.505. The summed E-state index contributed by atoms with van der Waals surface area (Å²) in [5.74, 6) is -4.72. The molecule has 0 unspecified atom stereocenters. The molecule has 0 saturated carbocycles. The van der Waals surface area contributed by atoms with Crippen LogP contribution in [0.25, 0.3) is 0 Å². The van der Waals surface area contributed by atoms with Crippen LogP contribution in [-0.4, -0.2) is 0 Å². The second kappa shape index (κ2) is 3.27. The maximum absolute atomic E-state index is 13.0. The molecule has 3 nitrogen and oxygen atoms in total. The molecular weight excluding hydrogens is 195 g/mol. The average Bonchev–Trinajstić information content (AvgIpc) is 2.17. The number of anilines is 1. The molecule has 0 saturated heterocycles. The first kappa shape index (κ1) is 9.87. The zero-order valence-electron chi connectivity index (χ0n) is 6.61. The van der Waals surface area contributed by atoms with Crippen LogP contribution in [0.3, 0.4) is 0 Å². The summed E-state index contributed by atoms with van der Waals surface area (Å²) in [6.07, 6.45) is 0. The van der Waals surface area contributed by atoms with Crippen LogP contribution in [0, 0.1) is 40.1 Å². The van der Waals surface area contributed by atoms with Gasteiger partial charge in [0.05, 0.1) is 5.69 Å². The standard InChI is InChI=1S/C8H2F3N3/c9-5-3(1-12)7(11)8(14)4(2-13)6(5)10/h14H2. The third kappa shape index (κ3) is 1.14. The van der Waals surface area contributed by atoms with Crippen molar-refractivity contribution in [2.24, 2.45) is 0 Å². The molecule has 0 fully saturated rings. The van der Waals surface area contributed by atoms with Gasteiger partial charge in [-0.3, -0.25) is 0 Å². The van der Waals surface area contributed by atoms with E-state index < -0.39 is 34.3 Å². The van der Waals surface area contributed by atoms with Crippen molar-refractivity contribution in [3.8, 4) is 12.1 Å². The van der Waals surface area contributed by atoms with Gasteiger partial charge in [0.25, 0.3) is 0 Å². The summed E-state index contributed by atoms with van der Waals surface area (Å²) in [4.78, 5) is 0. The second-order valence-electron chi connectivity index (χ2n) is 2.33. The molecule has 0 spiro atoms. The number of hydrogen-bond donors (Lipinski definition) is 1. The van der Waals surface area contributed by atoms with Crippen LogP contribution in [0.1, 0.15) is 11.1 Å². The Balaban J connectivity index is 3.77. The molecule has 0 aliphatic rings. The SMILES string of the molecule is N#Cc1c(N)c(F)c(C#N)c(F)c1F. The first-order valence-electron chi connectivity index (χ1n) is 3.30. The molecule has 2 N–H and O–H groups in total. The minimum Gasteiger partial charge on any atom is -0.395 e. The molecule has 0 atom stereocenters. The highest BCUT2D eigenvalue weighted by Crippen LogP contribution is 2.25. The lowest BCUT2D eigenvalue weighted by atomic mass is 10.1. The monoisotopic (exact) mass is 197 g/mol. The van der Waals surface area contributed by atoms with Crippen LogP contribution >= 0.6 is 0 Å². The Morgan fingerprint density at radius 3 is 1.71 bits per heavy atom. The molecule has 6 heteroatoms. The van der Waals surface area contributed by atoms with Crippen LogP contribution in [0.15, 0.2) is 0 Å². The van der Waals surface area contributed by atoms with Gasteiger partial charge in [0.1, 0.15) is 23.3 Å². The molecule has 0 heterocycles. The van der Waals surface area contributed by atoms with Gasteiger partial charge in [-0.1, -0.05) is 0 Å². The number of nitrogen functional groups attached to an aromatic ring is 1. The highest BCUT2D eigenvalue weighted by Gasteiger charge is 2.23. The molecule has 1 aromatic rings. The van der Waals surface area contributed by atoms with Crippen molar-refractivity contribution in [1.29, 1.82) is 10.5 Å². The van der Waals surface area contributed by atoms with Gasteiger partial charge in [-0.15, -0.1) is 0 Å². The third-order valence-corrected chi connectivity index (χ3v) is 1.58. The molecule has 0 aliphatic carbocycles. The number of benzene rings is 1. The molecule has 0 aromatic heterocycles. The molecule has 0 aliphatic heterocycles. The van der Waals surface area contributed by atoms with Crippen LogP contribution in [-0.2, 0) is 0 Å². The van der Waals surface area contributed by atoms with Gasteiger partial charge < -0.3 is 5.73 Å². The maximum atomic E-state index is 13.0. The fraction of sp³-hybridized carbons (Fsp3) is 0. The lowest BCUT2D eigenvalue weighted by Crippen LogP contribution is -2.05. The molecule has 1 aromatic carbocycles. The fourth-order valence-corrected chi connectivity index (χ4v) is 0.886. The lowest BCUT2D eigenvalue weighted by Gasteiger charge is -2.03. The fourth-order valence-electron chi connectivity index (χ4n) is 0.886. The van der Waals surface area contributed by atoms with E-state index in [0.29, 0.717) is 0 Å². The predicted molar refractivity (Wildman–Crippen MR) is 40.2 cm³/mol. The molecule has 70 valence electrons. The summed E-state index contributed by atoms with van der Waals surface area (Å²) in [5, 5.41) is 16.6. The van der Waals surface area contributed by atoms with E-state index in [1.807, 2.05) is 0 Å². The van der Waals surface area contributed by atoms with Gasteiger partial charge in [0.2, 0.25) is 0 Å². The van der Waals surface area contributed by atoms with Crippen LogP contribution in [0.2, 0.25) is 0 Å². The highest BCUT2D eigenvalue weighted by molar-refractivity contribution is 5.60. The first-order valence-corrected chi connectivity index (χ1v) is 3.30. The van der Waals surface area contributed by atoms with E-state index in [1.165, 1.54) is 6.07 Å². The Morgan fingerprint density at radius 2 is 1.29 bits per heavy atom. The van der Waals surface area contributed by atoms with E-state index in [4.69, 9.17) is 16.3 Å². The van der Waals surface area contributed by atoms with Crippen molar-refractivity contribution in [3.63, 3.8) is 0 Å². The summed E-state index contributed by atoms with van der Waals surface area (Å²) in [7, 11) is 0. The molecule has 0 radical (unpaired) electrons. The number of nitrogens with two attached hydrogens (primary N) is 1. The molecule has 0 amide bonds. The minimum absolute atomic E-state index is 0.858. The zero-order valence-corrected chi connectivity index (χ0v) is 6.61. The second-order valence-corrected chi connectivity index (χ2v) is 2.33. The van der Waals surface area contributed by atoms with Crippen molar-refractivity contribution >= 4 is 5.69 Å². The van der Waals surface area contributed by atoms with Crippen LogP contribution < -0.4 is 5.73 Å². The van der Waals surface area contributed by atoms with Gasteiger partial charge in [-0.05, 0) is 0 Å². The van der Waals surface area contributed by atoms with E-state index in [2.05, 4.69) is 0 Å². The molecule has 0 bridgehead atoms. The minimum atomic E-state index is -1.70. The van der Waals surface area contributed by atoms with Gasteiger partial charge >= 0.3 is 0 Å². The average molecular weight is 197 g/mol. The number of rotatable bonds is 0. The number of hydrogen-bond acceptors (Lipinski definition) is 3. The van der Waals surface area contributed by atoms with E-state index in [9.17, 15) is 13.2 Å². The topological polar surface area (TPSA) is 73.6 Å². The third-order valence-electron chi connectivity index (χ3n) is 1.58. The largest absolute Gasteiger partial charge is 0.395 e. The van der Waals surface area contributed by atoms with E-state index in [-0.39, 0.29) is 0 Å². The molecule has 1 rings (SSSR count). The molecular formula is C8H2F3N3. The van der Waals surface area contributed by atoms with Crippen molar-refractivity contribution < 1.29 is 13.2 Å². The number of halogens is 3. The van der Waals surface area contributed by atoms with E-state index in [0.717, 1.165) is 6.07 Å². The normalized spacial score (nSPS) is 9.21. The highest BCUT2D eigenvalue weighted by atomic mass is 19.2. The van der Waals surface area contributed by atoms with E-state index >= 15 is 0 Å².